The Bertz CT molecular complexity index is 1300. The number of rotatable bonds is 4. The lowest BCUT2D eigenvalue weighted by molar-refractivity contribution is -0.384. The van der Waals surface area contributed by atoms with Gasteiger partial charge in [-0.1, -0.05) is 60.2 Å². The molecule has 7 heteroatoms. The molecule has 1 aromatic heterocycles. The molecule has 0 bridgehead atoms. The van der Waals surface area contributed by atoms with Crippen LogP contribution in [0, 0.1) is 17.0 Å². The Morgan fingerprint density at radius 2 is 1.74 bits per heavy atom. The van der Waals surface area contributed by atoms with E-state index in [-0.39, 0.29) is 11.6 Å². The van der Waals surface area contributed by atoms with Gasteiger partial charge in [-0.25, -0.2) is 0 Å². The summed E-state index contributed by atoms with van der Waals surface area (Å²) in [5.74, 6) is -0.219. The Balaban J connectivity index is 1.74. The van der Waals surface area contributed by atoms with Gasteiger partial charge in [0.05, 0.1) is 16.7 Å². The summed E-state index contributed by atoms with van der Waals surface area (Å²) in [4.78, 5) is 26.1. The maximum absolute atomic E-state index is 13.4. The molecule has 1 amide bonds. The van der Waals surface area contributed by atoms with E-state index in [2.05, 4.69) is 10.2 Å². The Hall–Kier alpha value is -4.26. The minimum absolute atomic E-state index is 0.0215. The summed E-state index contributed by atoms with van der Waals surface area (Å²) in [6.07, 6.45) is 0. The third-order valence-electron chi connectivity index (χ3n) is 5.52. The molecule has 0 saturated carbocycles. The van der Waals surface area contributed by atoms with E-state index >= 15 is 0 Å². The van der Waals surface area contributed by atoms with Gasteiger partial charge in [-0.3, -0.25) is 24.9 Å². The fraction of sp³-hybridized carbons (Fsp3) is 0.0833. The number of para-hydroxylation sites is 1. The number of nitro groups is 1. The third kappa shape index (κ3) is 3.07. The second-order valence-electron chi connectivity index (χ2n) is 7.49. The lowest BCUT2D eigenvalue weighted by Crippen LogP contribution is -2.29. The van der Waals surface area contributed by atoms with E-state index in [4.69, 9.17) is 0 Å². The summed E-state index contributed by atoms with van der Waals surface area (Å²) >= 11 is 0. The number of hydrogen-bond acceptors (Lipinski definition) is 4. The summed E-state index contributed by atoms with van der Waals surface area (Å²) in [6, 6.07) is 23.1. The van der Waals surface area contributed by atoms with Crippen LogP contribution in [0.15, 0.2) is 78.9 Å². The van der Waals surface area contributed by atoms with Gasteiger partial charge in [-0.05, 0) is 24.6 Å². The molecule has 3 aromatic carbocycles. The highest BCUT2D eigenvalue weighted by Crippen LogP contribution is 2.45. The Morgan fingerprint density at radius 3 is 2.45 bits per heavy atom. The van der Waals surface area contributed by atoms with Gasteiger partial charge >= 0.3 is 0 Å². The molecule has 0 aliphatic carbocycles. The fourth-order valence-electron chi connectivity index (χ4n) is 4.06. The van der Waals surface area contributed by atoms with Crippen molar-refractivity contribution in [3.05, 3.63) is 111 Å². The number of aryl methyl sites for hydroxylation is 1. The maximum Gasteiger partial charge on any atom is 0.277 e. The first-order valence-corrected chi connectivity index (χ1v) is 9.83. The van der Waals surface area contributed by atoms with E-state index in [1.54, 1.807) is 11.0 Å². The molecule has 1 N–H and O–H groups in total. The van der Waals surface area contributed by atoms with Crippen molar-refractivity contribution in [1.29, 1.82) is 0 Å². The van der Waals surface area contributed by atoms with Crippen LogP contribution in [0.25, 0.3) is 11.3 Å². The Morgan fingerprint density at radius 1 is 1.00 bits per heavy atom. The number of fused-ring (bicyclic) bond motifs is 1. The molecule has 152 valence electrons. The van der Waals surface area contributed by atoms with Gasteiger partial charge in [-0.15, -0.1) is 0 Å². The van der Waals surface area contributed by atoms with Crippen LogP contribution in [0.3, 0.4) is 0 Å². The molecule has 7 nitrogen and oxygen atoms in total. The highest BCUT2D eigenvalue weighted by Gasteiger charge is 2.43. The first-order valence-electron chi connectivity index (χ1n) is 9.83. The van der Waals surface area contributed by atoms with Crippen molar-refractivity contribution in [1.82, 2.24) is 10.2 Å². The molecule has 0 fully saturated rings. The van der Waals surface area contributed by atoms with Crippen LogP contribution in [0.5, 0.6) is 0 Å². The number of aromatic amines is 1. The molecule has 0 radical (unpaired) electrons. The number of nitrogens with one attached hydrogen (secondary N) is 1. The fourth-order valence-corrected chi connectivity index (χ4v) is 4.06. The lowest BCUT2D eigenvalue weighted by atomic mass is 9.95. The highest BCUT2D eigenvalue weighted by molar-refractivity contribution is 6.11. The number of anilines is 1. The number of non-ortho nitro benzene ring substituents is 1. The van der Waals surface area contributed by atoms with Crippen LogP contribution in [-0.2, 0) is 0 Å². The van der Waals surface area contributed by atoms with Crippen LogP contribution in [0.1, 0.15) is 33.2 Å². The monoisotopic (exact) mass is 410 g/mol. The average Bonchev–Trinajstić information content (AvgIpc) is 3.34. The molecule has 4 aromatic rings. The zero-order valence-corrected chi connectivity index (χ0v) is 16.6. The topological polar surface area (TPSA) is 92.1 Å². The van der Waals surface area contributed by atoms with E-state index in [1.807, 2.05) is 67.6 Å². The highest BCUT2D eigenvalue weighted by atomic mass is 16.6. The summed E-state index contributed by atoms with van der Waals surface area (Å²) in [7, 11) is 0. The molecular weight excluding hydrogens is 392 g/mol. The molecule has 1 aliphatic rings. The van der Waals surface area contributed by atoms with Crippen LogP contribution in [0.4, 0.5) is 11.4 Å². The van der Waals surface area contributed by atoms with Crippen LogP contribution in [-0.4, -0.2) is 21.0 Å². The molecule has 0 saturated heterocycles. The summed E-state index contributed by atoms with van der Waals surface area (Å²) < 4.78 is 0. The summed E-state index contributed by atoms with van der Waals surface area (Å²) in [5, 5.41) is 18.8. The number of carbonyl (C=O) groups excluding carboxylic acids is 1. The molecular formula is C24H18N4O3. The van der Waals surface area contributed by atoms with Gasteiger partial charge in [0.1, 0.15) is 5.69 Å². The van der Waals surface area contributed by atoms with Crippen LogP contribution < -0.4 is 4.90 Å². The SMILES string of the molecule is Cc1ccc(-c2n[nH]c3c2C(c2cccc([N+](=O)[O-])c2)N(c2ccccc2)C3=O)cc1. The van der Waals surface area contributed by atoms with Crippen molar-refractivity contribution >= 4 is 17.3 Å². The van der Waals surface area contributed by atoms with Crippen molar-refractivity contribution in [2.45, 2.75) is 13.0 Å². The zero-order valence-electron chi connectivity index (χ0n) is 16.6. The van der Waals surface area contributed by atoms with Crippen molar-refractivity contribution in [2.75, 3.05) is 4.90 Å². The third-order valence-corrected chi connectivity index (χ3v) is 5.52. The quantitative estimate of drug-likeness (QED) is 0.377. The number of H-pyrrole nitrogens is 1. The number of nitrogens with zero attached hydrogens (tertiary/aromatic N) is 3. The number of carbonyl (C=O) groups is 1. The van der Waals surface area contributed by atoms with Gasteiger partial charge in [-0.2, -0.15) is 5.10 Å². The minimum atomic E-state index is -0.542. The zero-order chi connectivity index (χ0) is 21.5. The van der Waals surface area contributed by atoms with E-state index in [0.29, 0.717) is 22.6 Å². The van der Waals surface area contributed by atoms with Crippen LogP contribution >= 0.6 is 0 Å². The number of amides is 1. The normalized spacial score (nSPS) is 15.2. The number of benzene rings is 3. The number of nitro benzene ring substituents is 1. The summed E-state index contributed by atoms with van der Waals surface area (Å²) in [5.41, 5.74) is 5.12. The van der Waals surface area contributed by atoms with E-state index in [1.165, 1.54) is 12.1 Å². The average molecular weight is 410 g/mol. The van der Waals surface area contributed by atoms with Crippen molar-refractivity contribution < 1.29 is 9.72 Å². The van der Waals surface area contributed by atoms with Gasteiger partial charge < -0.3 is 0 Å². The lowest BCUT2D eigenvalue weighted by Gasteiger charge is -2.26. The number of aromatic nitrogens is 2. The Kier molecular flexibility index (Phi) is 4.36. The molecule has 1 unspecified atom stereocenters. The maximum atomic E-state index is 13.4. The van der Waals surface area contributed by atoms with Crippen LogP contribution in [0.2, 0.25) is 0 Å². The molecule has 1 aliphatic heterocycles. The number of hydrogen-bond donors (Lipinski definition) is 1. The van der Waals surface area contributed by atoms with Crippen molar-refractivity contribution in [3.63, 3.8) is 0 Å². The predicted octanol–water partition coefficient (Wildman–Crippen LogP) is 5.04. The van der Waals surface area contributed by atoms with Crippen molar-refractivity contribution in [3.8, 4) is 11.3 Å². The van der Waals surface area contributed by atoms with Gasteiger partial charge in [0.25, 0.3) is 11.6 Å². The first kappa shape index (κ1) is 18.7. The molecule has 5 rings (SSSR count). The Labute approximate surface area is 178 Å². The molecule has 31 heavy (non-hydrogen) atoms. The van der Waals surface area contributed by atoms with Gasteiger partial charge in [0.15, 0.2) is 0 Å². The smallest absolute Gasteiger partial charge is 0.277 e. The molecule has 2 heterocycles. The minimum Gasteiger partial charge on any atom is -0.295 e. The summed E-state index contributed by atoms with van der Waals surface area (Å²) in [6.45, 7) is 2.01. The second kappa shape index (κ2) is 7.21. The van der Waals surface area contributed by atoms with E-state index in [0.717, 1.165) is 16.7 Å². The van der Waals surface area contributed by atoms with Gasteiger partial charge in [0.2, 0.25) is 0 Å². The second-order valence-corrected chi connectivity index (χ2v) is 7.49. The molecule has 1 atom stereocenters. The predicted molar refractivity (Wildman–Crippen MR) is 117 cm³/mol. The van der Waals surface area contributed by atoms with E-state index < -0.39 is 11.0 Å². The van der Waals surface area contributed by atoms with E-state index in [9.17, 15) is 14.9 Å². The largest absolute Gasteiger partial charge is 0.295 e. The standard InChI is InChI=1S/C24H18N4O3/c1-15-10-12-16(13-11-15)21-20-22(26-25-21)24(29)27(18-7-3-2-4-8-18)23(20)17-6-5-9-19(14-17)28(30)31/h2-14,23H,1H3,(H,25,26). The van der Waals surface area contributed by atoms with Crippen molar-refractivity contribution in [2.24, 2.45) is 0 Å². The molecule has 0 spiro atoms. The first-order chi connectivity index (χ1) is 15.0. The van der Waals surface area contributed by atoms with Gasteiger partial charge in [0, 0.05) is 28.9 Å².